The van der Waals surface area contributed by atoms with Crippen molar-refractivity contribution in [2.45, 2.75) is 45.6 Å². The average molecular weight is 402 g/mol. The highest BCUT2D eigenvalue weighted by atomic mass is 35.5. The van der Waals surface area contributed by atoms with Crippen LogP contribution in [0.5, 0.6) is 5.75 Å². The Balaban J connectivity index is 1.63. The largest absolute Gasteiger partial charge is 0.491 e. The topological polar surface area (TPSA) is 49.8 Å². The Kier molecular flexibility index (Phi) is 6.31. The summed E-state index contributed by atoms with van der Waals surface area (Å²) in [7, 11) is 0. The van der Waals surface area contributed by atoms with Crippen molar-refractivity contribution in [2.24, 2.45) is 0 Å². The van der Waals surface area contributed by atoms with Crippen molar-refractivity contribution in [3.63, 3.8) is 0 Å². The van der Waals surface area contributed by atoms with Gasteiger partial charge < -0.3 is 14.7 Å². The molecule has 0 spiro atoms. The number of carbonyl (C=O) groups excluding carboxylic acids is 1. The van der Waals surface area contributed by atoms with Gasteiger partial charge in [-0.2, -0.15) is 0 Å². The van der Waals surface area contributed by atoms with Crippen LogP contribution in [0.3, 0.4) is 0 Å². The van der Waals surface area contributed by atoms with Crippen molar-refractivity contribution in [3.8, 4) is 5.75 Å². The van der Waals surface area contributed by atoms with Crippen LogP contribution in [0.25, 0.3) is 0 Å². The van der Waals surface area contributed by atoms with Gasteiger partial charge in [-0.1, -0.05) is 35.9 Å². The maximum Gasteiger partial charge on any atom is 0.227 e. The van der Waals surface area contributed by atoms with Gasteiger partial charge in [-0.3, -0.25) is 4.79 Å². The molecule has 28 heavy (non-hydrogen) atoms. The molecule has 1 heterocycles. The second-order valence-electron chi connectivity index (χ2n) is 7.91. The van der Waals surface area contributed by atoms with E-state index < -0.39 is 5.60 Å². The third-order valence-electron chi connectivity index (χ3n) is 5.43. The Hall–Kier alpha value is -2.04. The molecule has 3 rings (SSSR count). The van der Waals surface area contributed by atoms with Crippen molar-refractivity contribution in [1.29, 1.82) is 0 Å². The number of β-amino-alcohol motifs (C(OH)–C–C–N with tert-alkyl or cyclic N) is 1. The van der Waals surface area contributed by atoms with Gasteiger partial charge in [0.1, 0.15) is 18.0 Å². The maximum absolute atomic E-state index is 12.8. The third kappa shape index (κ3) is 4.86. The normalized spacial score (nSPS) is 19.5. The number of hydrogen-bond acceptors (Lipinski definition) is 3. The first-order chi connectivity index (χ1) is 13.3. The number of ether oxygens (including phenoxy) is 1. The number of carbonyl (C=O) groups is 1. The number of amides is 1. The monoisotopic (exact) mass is 401 g/mol. The molecule has 1 unspecified atom stereocenters. The smallest absolute Gasteiger partial charge is 0.227 e. The van der Waals surface area contributed by atoms with Crippen molar-refractivity contribution < 1.29 is 14.6 Å². The molecule has 2 aromatic rings. The lowest BCUT2D eigenvalue weighted by Crippen LogP contribution is -2.53. The maximum atomic E-state index is 12.8. The van der Waals surface area contributed by atoms with E-state index in [1.165, 1.54) is 0 Å². The van der Waals surface area contributed by atoms with Crippen molar-refractivity contribution in [1.82, 2.24) is 4.90 Å². The van der Waals surface area contributed by atoms with Gasteiger partial charge in [-0.15, -0.1) is 0 Å². The van der Waals surface area contributed by atoms with Crippen LogP contribution in [0.15, 0.2) is 36.4 Å². The molecule has 0 aliphatic carbocycles. The lowest BCUT2D eigenvalue weighted by atomic mass is 9.93. The first kappa shape index (κ1) is 20.7. The molecule has 0 bridgehead atoms. The van der Waals surface area contributed by atoms with Gasteiger partial charge in [0.2, 0.25) is 5.91 Å². The highest BCUT2D eigenvalue weighted by Crippen LogP contribution is 2.28. The van der Waals surface area contributed by atoms with Gasteiger partial charge in [0.05, 0.1) is 13.0 Å². The predicted molar refractivity (Wildman–Crippen MR) is 112 cm³/mol. The quantitative estimate of drug-likeness (QED) is 0.815. The SMILES string of the molecule is Cc1ccccc1CC(=O)N1CCCC(O)(COc2cc(C)c(Cl)c(C)c2)C1. The lowest BCUT2D eigenvalue weighted by molar-refractivity contribution is -0.139. The number of nitrogens with zero attached hydrogens (tertiary/aromatic N) is 1. The van der Waals surface area contributed by atoms with Crippen LogP contribution < -0.4 is 4.74 Å². The van der Waals surface area contributed by atoms with Crippen molar-refractivity contribution in [2.75, 3.05) is 19.7 Å². The molecule has 1 aliphatic heterocycles. The van der Waals surface area contributed by atoms with E-state index in [2.05, 4.69) is 0 Å². The number of likely N-dealkylation sites (tertiary alicyclic amines) is 1. The molecule has 1 fully saturated rings. The van der Waals surface area contributed by atoms with Gasteiger partial charge in [0.15, 0.2) is 0 Å². The minimum atomic E-state index is -1.04. The van der Waals surface area contributed by atoms with E-state index in [1.54, 1.807) is 4.90 Å². The van der Waals surface area contributed by atoms with Crippen molar-refractivity contribution >= 4 is 17.5 Å². The van der Waals surface area contributed by atoms with E-state index in [-0.39, 0.29) is 12.5 Å². The summed E-state index contributed by atoms with van der Waals surface area (Å²) in [6.07, 6.45) is 1.74. The van der Waals surface area contributed by atoms with E-state index in [9.17, 15) is 9.90 Å². The average Bonchev–Trinajstić information content (AvgIpc) is 2.66. The van der Waals surface area contributed by atoms with Crippen LogP contribution in [0.4, 0.5) is 0 Å². The summed E-state index contributed by atoms with van der Waals surface area (Å²) in [5.41, 5.74) is 3.00. The fraction of sp³-hybridized carbons (Fsp3) is 0.435. The number of aryl methyl sites for hydroxylation is 3. The lowest BCUT2D eigenvalue weighted by Gasteiger charge is -2.39. The van der Waals surface area contributed by atoms with E-state index >= 15 is 0 Å². The Morgan fingerprint density at radius 1 is 1.18 bits per heavy atom. The predicted octanol–water partition coefficient (Wildman–Crippen LogP) is 4.24. The first-order valence-corrected chi connectivity index (χ1v) is 10.1. The van der Waals surface area contributed by atoms with Crippen LogP contribution in [0.1, 0.15) is 35.1 Å². The Morgan fingerprint density at radius 3 is 2.54 bits per heavy atom. The summed E-state index contributed by atoms with van der Waals surface area (Å²) in [5, 5.41) is 11.8. The van der Waals surface area contributed by atoms with Crippen LogP contribution in [-0.2, 0) is 11.2 Å². The van der Waals surface area contributed by atoms with Crippen molar-refractivity contribution in [3.05, 3.63) is 63.7 Å². The third-order valence-corrected chi connectivity index (χ3v) is 6.02. The molecule has 0 radical (unpaired) electrons. The first-order valence-electron chi connectivity index (χ1n) is 9.72. The van der Waals surface area contributed by atoms with Gasteiger partial charge in [0.25, 0.3) is 0 Å². The molecule has 4 nitrogen and oxygen atoms in total. The summed E-state index contributed by atoms with van der Waals surface area (Å²) in [6, 6.07) is 11.7. The molecule has 1 N–H and O–H groups in total. The number of halogens is 1. The number of piperidine rings is 1. The zero-order valence-electron chi connectivity index (χ0n) is 16.8. The zero-order chi connectivity index (χ0) is 20.3. The summed E-state index contributed by atoms with van der Waals surface area (Å²) >= 11 is 6.21. The van der Waals surface area contributed by atoms with E-state index in [1.807, 2.05) is 57.2 Å². The minimum absolute atomic E-state index is 0.0469. The molecule has 5 heteroatoms. The fourth-order valence-electron chi connectivity index (χ4n) is 3.73. The number of hydrogen-bond donors (Lipinski definition) is 1. The molecule has 2 aromatic carbocycles. The molecule has 1 aliphatic rings. The molecule has 0 aromatic heterocycles. The van der Waals surface area contributed by atoms with Crippen LogP contribution in [0, 0.1) is 20.8 Å². The molecular formula is C23H28ClNO3. The summed E-state index contributed by atoms with van der Waals surface area (Å²) in [4.78, 5) is 14.5. The van der Waals surface area contributed by atoms with E-state index in [0.717, 1.165) is 33.7 Å². The van der Waals surface area contributed by atoms with Gasteiger partial charge in [0, 0.05) is 11.6 Å². The Labute approximate surface area is 172 Å². The second-order valence-corrected chi connectivity index (χ2v) is 8.28. The molecule has 1 amide bonds. The fourth-order valence-corrected chi connectivity index (χ4v) is 3.84. The highest BCUT2D eigenvalue weighted by Gasteiger charge is 2.36. The summed E-state index contributed by atoms with van der Waals surface area (Å²) in [5.74, 6) is 0.738. The highest BCUT2D eigenvalue weighted by molar-refractivity contribution is 6.32. The molecule has 1 saturated heterocycles. The second kappa shape index (κ2) is 8.54. The van der Waals surface area contributed by atoms with Crippen LogP contribution in [0.2, 0.25) is 5.02 Å². The Bertz CT molecular complexity index is 844. The molecular weight excluding hydrogens is 374 g/mol. The minimum Gasteiger partial charge on any atom is -0.491 e. The standard InChI is InChI=1S/C23H28ClNO3/c1-16-7-4-5-8-19(16)13-21(26)25-10-6-9-23(27,14-25)15-28-20-11-17(2)22(24)18(3)12-20/h4-5,7-8,11-12,27H,6,9-10,13-15H2,1-3H3. The van der Waals surface area contributed by atoms with E-state index in [0.29, 0.717) is 31.7 Å². The van der Waals surface area contributed by atoms with Gasteiger partial charge >= 0.3 is 0 Å². The van der Waals surface area contributed by atoms with E-state index in [4.69, 9.17) is 16.3 Å². The molecule has 0 saturated carbocycles. The summed E-state index contributed by atoms with van der Waals surface area (Å²) in [6.45, 7) is 7.00. The van der Waals surface area contributed by atoms with Crippen LogP contribution >= 0.6 is 11.6 Å². The molecule has 150 valence electrons. The Morgan fingerprint density at radius 2 is 1.86 bits per heavy atom. The number of benzene rings is 2. The summed E-state index contributed by atoms with van der Waals surface area (Å²) < 4.78 is 5.88. The van der Waals surface area contributed by atoms with Crippen LogP contribution in [-0.4, -0.2) is 41.2 Å². The number of rotatable bonds is 5. The van der Waals surface area contributed by atoms with Gasteiger partial charge in [-0.25, -0.2) is 0 Å². The zero-order valence-corrected chi connectivity index (χ0v) is 17.6. The van der Waals surface area contributed by atoms with Gasteiger partial charge in [-0.05, 0) is 68.0 Å². The molecule has 1 atom stereocenters. The number of aliphatic hydroxyl groups is 1.